The second kappa shape index (κ2) is 8.22. The molecule has 0 radical (unpaired) electrons. The zero-order chi connectivity index (χ0) is 19.4. The van der Waals surface area contributed by atoms with E-state index in [1.807, 2.05) is 4.90 Å². The number of benzene rings is 1. The monoisotopic (exact) mass is 377 g/mol. The Bertz CT molecular complexity index is 853. The number of pyridine rings is 1. The highest BCUT2D eigenvalue weighted by atomic mass is 19.1. The molecule has 2 aromatic rings. The van der Waals surface area contributed by atoms with Crippen molar-refractivity contribution >= 4 is 17.9 Å². The SMILES string of the molecule is O=C(O)C=Cc1cnc(N[C@@H]2CCN(Cc3c(F)cccc3F)C2)c(F)c1. The first-order chi connectivity index (χ1) is 12.9. The van der Waals surface area contributed by atoms with Crippen LogP contribution in [0.25, 0.3) is 6.08 Å². The Morgan fingerprint density at radius 3 is 2.70 bits per heavy atom. The summed E-state index contributed by atoms with van der Waals surface area (Å²) in [5, 5.41) is 11.6. The van der Waals surface area contributed by atoms with E-state index in [9.17, 15) is 18.0 Å². The highest BCUT2D eigenvalue weighted by Crippen LogP contribution is 2.21. The molecule has 3 rings (SSSR count). The van der Waals surface area contributed by atoms with Crippen LogP contribution < -0.4 is 5.32 Å². The van der Waals surface area contributed by atoms with Crippen molar-refractivity contribution in [3.8, 4) is 0 Å². The Balaban J connectivity index is 1.60. The molecule has 0 aliphatic carbocycles. The van der Waals surface area contributed by atoms with Gasteiger partial charge in [-0.2, -0.15) is 0 Å². The van der Waals surface area contributed by atoms with Gasteiger partial charge in [0.15, 0.2) is 11.6 Å². The molecule has 1 fully saturated rings. The normalized spacial score (nSPS) is 17.5. The first kappa shape index (κ1) is 18.9. The van der Waals surface area contributed by atoms with Gasteiger partial charge in [0, 0.05) is 43.5 Å². The van der Waals surface area contributed by atoms with Crippen LogP contribution in [-0.4, -0.2) is 40.1 Å². The molecule has 0 spiro atoms. The second-order valence-corrected chi connectivity index (χ2v) is 6.34. The van der Waals surface area contributed by atoms with Crippen molar-refractivity contribution in [2.75, 3.05) is 18.4 Å². The van der Waals surface area contributed by atoms with E-state index in [4.69, 9.17) is 5.11 Å². The number of aromatic nitrogens is 1. The van der Waals surface area contributed by atoms with E-state index in [2.05, 4.69) is 10.3 Å². The fourth-order valence-corrected chi connectivity index (χ4v) is 3.01. The van der Waals surface area contributed by atoms with Gasteiger partial charge in [0.25, 0.3) is 0 Å². The lowest BCUT2D eigenvalue weighted by atomic mass is 10.2. The molecule has 27 heavy (non-hydrogen) atoms. The first-order valence-corrected chi connectivity index (χ1v) is 8.40. The molecule has 1 aliphatic heterocycles. The maximum atomic E-state index is 14.2. The van der Waals surface area contributed by atoms with Crippen LogP contribution in [-0.2, 0) is 11.3 Å². The number of aliphatic carboxylic acids is 1. The van der Waals surface area contributed by atoms with Crippen LogP contribution in [0, 0.1) is 17.5 Å². The van der Waals surface area contributed by atoms with Gasteiger partial charge in [0.05, 0.1) is 0 Å². The number of rotatable bonds is 6. The Labute approximate surface area is 154 Å². The van der Waals surface area contributed by atoms with E-state index in [-0.39, 0.29) is 24.0 Å². The lowest BCUT2D eigenvalue weighted by molar-refractivity contribution is -0.131. The van der Waals surface area contributed by atoms with Crippen LogP contribution in [0.1, 0.15) is 17.5 Å². The summed E-state index contributed by atoms with van der Waals surface area (Å²) in [5.74, 6) is -2.82. The molecule has 1 aliphatic rings. The Morgan fingerprint density at radius 2 is 2.04 bits per heavy atom. The van der Waals surface area contributed by atoms with Crippen molar-refractivity contribution in [1.29, 1.82) is 0 Å². The highest BCUT2D eigenvalue weighted by molar-refractivity contribution is 5.85. The third kappa shape index (κ3) is 4.85. The van der Waals surface area contributed by atoms with E-state index >= 15 is 0 Å². The molecular formula is C19H18F3N3O2. The molecule has 0 bridgehead atoms. The van der Waals surface area contributed by atoms with Gasteiger partial charge < -0.3 is 10.4 Å². The lowest BCUT2D eigenvalue weighted by Crippen LogP contribution is -2.27. The van der Waals surface area contributed by atoms with E-state index in [1.54, 1.807) is 0 Å². The van der Waals surface area contributed by atoms with Crippen LogP contribution in [0.5, 0.6) is 0 Å². The molecule has 8 heteroatoms. The Kier molecular flexibility index (Phi) is 5.75. The molecule has 5 nitrogen and oxygen atoms in total. The maximum absolute atomic E-state index is 14.2. The van der Waals surface area contributed by atoms with Gasteiger partial charge in [0.1, 0.15) is 11.6 Å². The van der Waals surface area contributed by atoms with Crippen LogP contribution >= 0.6 is 0 Å². The Morgan fingerprint density at radius 1 is 1.30 bits per heavy atom. The highest BCUT2D eigenvalue weighted by Gasteiger charge is 2.25. The number of carboxylic acids is 1. The van der Waals surface area contributed by atoms with E-state index < -0.39 is 23.4 Å². The van der Waals surface area contributed by atoms with Gasteiger partial charge >= 0.3 is 5.97 Å². The quantitative estimate of drug-likeness (QED) is 0.757. The number of likely N-dealkylation sites (tertiary alicyclic amines) is 1. The smallest absolute Gasteiger partial charge is 0.328 e. The van der Waals surface area contributed by atoms with Crippen LogP contribution in [0.3, 0.4) is 0 Å². The summed E-state index contributed by atoms with van der Waals surface area (Å²) in [6.45, 7) is 1.26. The van der Waals surface area contributed by atoms with Gasteiger partial charge in [-0.25, -0.2) is 22.9 Å². The summed E-state index contributed by atoms with van der Waals surface area (Å²) in [6, 6.07) is 4.86. The van der Waals surface area contributed by atoms with E-state index in [0.29, 0.717) is 25.1 Å². The fourth-order valence-electron chi connectivity index (χ4n) is 3.01. The molecule has 0 unspecified atom stereocenters. The summed E-state index contributed by atoms with van der Waals surface area (Å²) in [4.78, 5) is 16.4. The summed E-state index contributed by atoms with van der Waals surface area (Å²) in [7, 11) is 0. The number of carbonyl (C=O) groups is 1. The molecule has 1 aromatic carbocycles. The molecule has 0 saturated carbocycles. The largest absolute Gasteiger partial charge is 0.478 e. The summed E-state index contributed by atoms with van der Waals surface area (Å²) in [6.07, 6.45) is 4.20. The molecule has 1 saturated heterocycles. The first-order valence-electron chi connectivity index (χ1n) is 8.40. The Hall–Kier alpha value is -2.87. The number of anilines is 1. The molecule has 2 N–H and O–H groups in total. The molecule has 1 atom stereocenters. The molecule has 2 heterocycles. The van der Waals surface area contributed by atoms with Crippen molar-refractivity contribution in [3.63, 3.8) is 0 Å². The summed E-state index contributed by atoms with van der Waals surface area (Å²) >= 11 is 0. The van der Waals surface area contributed by atoms with Crippen molar-refractivity contribution in [1.82, 2.24) is 9.88 Å². The number of halogens is 3. The number of carboxylic acid groups (broad SMARTS) is 1. The van der Waals surface area contributed by atoms with Gasteiger partial charge in [-0.1, -0.05) is 6.07 Å². The van der Waals surface area contributed by atoms with Gasteiger partial charge in [-0.15, -0.1) is 0 Å². The summed E-state index contributed by atoms with van der Waals surface area (Å²) in [5.41, 5.74) is 0.362. The topological polar surface area (TPSA) is 65.5 Å². The van der Waals surface area contributed by atoms with Crippen LogP contribution in [0.4, 0.5) is 19.0 Å². The van der Waals surface area contributed by atoms with Crippen molar-refractivity contribution in [2.24, 2.45) is 0 Å². The number of hydrogen-bond donors (Lipinski definition) is 2. The predicted molar refractivity (Wildman–Crippen MR) is 94.5 cm³/mol. The summed E-state index contributed by atoms with van der Waals surface area (Å²) < 4.78 is 41.7. The second-order valence-electron chi connectivity index (χ2n) is 6.34. The fraction of sp³-hybridized carbons (Fsp3) is 0.263. The third-order valence-electron chi connectivity index (χ3n) is 4.34. The minimum absolute atomic E-state index is 0.0250. The molecule has 1 aromatic heterocycles. The zero-order valence-corrected chi connectivity index (χ0v) is 14.3. The number of nitrogens with one attached hydrogen (secondary N) is 1. The van der Waals surface area contributed by atoms with Crippen LogP contribution in [0.15, 0.2) is 36.5 Å². The average Bonchev–Trinajstić information content (AvgIpc) is 3.06. The van der Waals surface area contributed by atoms with Crippen molar-refractivity contribution in [3.05, 3.63) is 65.1 Å². The molecular weight excluding hydrogens is 359 g/mol. The molecule has 142 valence electrons. The average molecular weight is 377 g/mol. The van der Waals surface area contributed by atoms with Crippen molar-refractivity contribution < 1.29 is 23.1 Å². The maximum Gasteiger partial charge on any atom is 0.328 e. The standard InChI is InChI=1S/C19H18F3N3O2/c20-15-2-1-3-16(21)14(15)11-25-7-6-13(10-25)24-19-17(22)8-12(9-23-19)4-5-18(26)27/h1-5,8-9,13H,6-7,10-11H2,(H,23,24)(H,26,27)/t13-/m1/s1. The minimum atomic E-state index is -1.13. The third-order valence-corrected chi connectivity index (χ3v) is 4.34. The van der Waals surface area contributed by atoms with Gasteiger partial charge in [0.2, 0.25) is 0 Å². The van der Waals surface area contributed by atoms with Crippen molar-refractivity contribution in [2.45, 2.75) is 19.0 Å². The lowest BCUT2D eigenvalue weighted by Gasteiger charge is -2.18. The van der Waals surface area contributed by atoms with Crippen LogP contribution in [0.2, 0.25) is 0 Å². The zero-order valence-electron chi connectivity index (χ0n) is 14.3. The molecule has 0 amide bonds. The van der Waals surface area contributed by atoms with E-state index in [1.165, 1.54) is 36.5 Å². The van der Waals surface area contributed by atoms with Gasteiger partial charge in [-0.05, 0) is 36.3 Å². The number of nitrogens with zero attached hydrogens (tertiary/aromatic N) is 2. The van der Waals surface area contributed by atoms with Gasteiger partial charge in [-0.3, -0.25) is 4.90 Å². The minimum Gasteiger partial charge on any atom is -0.478 e. The van der Waals surface area contributed by atoms with E-state index in [0.717, 1.165) is 6.08 Å². The number of hydrogen-bond acceptors (Lipinski definition) is 4. The predicted octanol–water partition coefficient (Wildman–Crippen LogP) is 3.28.